The highest BCUT2D eigenvalue weighted by atomic mass is 32.1. The number of nitrogens with one attached hydrogen (secondary N) is 1. The Morgan fingerprint density at radius 3 is 2.67 bits per heavy atom. The molecule has 5 nitrogen and oxygen atoms in total. The van der Waals surface area contributed by atoms with E-state index in [9.17, 15) is 4.79 Å². The standard InChI is InChI=1S/C21H17N3O2S/c1-13-5-6-15(20-24-17-4-3-11-22-21(17)27-20)12-18(13)23-19(25)14-7-9-16(26-2)10-8-14/h3-12H,1-2H3,(H,23,25). The van der Waals surface area contributed by atoms with E-state index in [2.05, 4.69) is 15.3 Å². The fraction of sp³-hybridized carbons (Fsp3) is 0.0952. The number of hydrogen-bond acceptors (Lipinski definition) is 5. The van der Waals surface area contributed by atoms with E-state index in [-0.39, 0.29) is 5.91 Å². The van der Waals surface area contributed by atoms with Gasteiger partial charge in [0.05, 0.1) is 7.11 Å². The lowest BCUT2D eigenvalue weighted by molar-refractivity contribution is 0.102. The molecule has 1 N–H and O–H groups in total. The Morgan fingerprint density at radius 2 is 1.93 bits per heavy atom. The summed E-state index contributed by atoms with van der Waals surface area (Å²) in [6.45, 7) is 1.97. The van der Waals surface area contributed by atoms with Gasteiger partial charge in [0.25, 0.3) is 5.91 Å². The summed E-state index contributed by atoms with van der Waals surface area (Å²) in [6.07, 6.45) is 1.76. The minimum absolute atomic E-state index is 0.163. The minimum atomic E-state index is -0.163. The van der Waals surface area contributed by atoms with E-state index in [0.717, 1.165) is 32.2 Å². The van der Waals surface area contributed by atoms with Crippen LogP contribution in [0.3, 0.4) is 0 Å². The predicted molar refractivity (Wildman–Crippen MR) is 109 cm³/mol. The van der Waals surface area contributed by atoms with Gasteiger partial charge in [-0.3, -0.25) is 4.79 Å². The molecule has 0 bridgehead atoms. The summed E-state index contributed by atoms with van der Waals surface area (Å²) >= 11 is 1.54. The highest BCUT2D eigenvalue weighted by molar-refractivity contribution is 7.21. The van der Waals surface area contributed by atoms with E-state index < -0.39 is 0 Å². The van der Waals surface area contributed by atoms with Crippen LogP contribution >= 0.6 is 11.3 Å². The van der Waals surface area contributed by atoms with Gasteiger partial charge in [0.2, 0.25) is 0 Å². The van der Waals surface area contributed by atoms with E-state index in [1.165, 1.54) is 11.3 Å². The van der Waals surface area contributed by atoms with Gasteiger partial charge in [0.1, 0.15) is 21.1 Å². The number of anilines is 1. The van der Waals surface area contributed by atoms with E-state index in [4.69, 9.17) is 4.74 Å². The molecule has 0 saturated heterocycles. The molecule has 0 spiro atoms. The first-order valence-electron chi connectivity index (χ1n) is 8.42. The number of pyridine rings is 1. The van der Waals surface area contributed by atoms with Crippen LogP contribution in [-0.2, 0) is 0 Å². The van der Waals surface area contributed by atoms with Crippen molar-refractivity contribution in [1.29, 1.82) is 0 Å². The fourth-order valence-corrected chi connectivity index (χ4v) is 3.62. The van der Waals surface area contributed by atoms with Crippen molar-refractivity contribution in [2.45, 2.75) is 6.92 Å². The largest absolute Gasteiger partial charge is 0.497 e. The first kappa shape index (κ1) is 17.2. The number of fused-ring (bicyclic) bond motifs is 1. The van der Waals surface area contributed by atoms with Crippen LogP contribution in [0.5, 0.6) is 5.75 Å². The van der Waals surface area contributed by atoms with Crippen LogP contribution in [0.15, 0.2) is 60.8 Å². The Bertz CT molecular complexity index is 1090. The van der Waals surface area contributed by atoms with Gasteiger partial charge in [-0.05, 0) is 55.0 Å². The number of benzene rings is 2. The van der Waals surface area contributed by atoms with Crippen LogP contribution < -0.4 is 10.1 Å². The molecule has 0 aliphatic carbocycles. The highest BCUT2D eigenvalue weighted by Crippen LogP contribution is 2.31. The van der Waals surface area contributed by atoms with Crippen molar-refractivity contribution in [2.75, 3.05) is 12.4 Å². The zero-order chi connectivity index (χ0) is 18.8. The molecular weight excluding hydrogens is 358 g/mol. The maximum absolute atomic E-state index is 12.6. The monoisotopic (exact) mass is 375 g/mol. The molecule has 1 amide bonds. The van der Waals surface area contributed by atoms with Gasteiger partial charge in [-0.15, -0.1) is 0 Å². The van der Waals surface area contributed by atoms with Crippen molar-refractivity contribution in [3.8, 4) is 16.3 Å². The number of rotatable bonds is 4. The zero-order valence-corrected chi connectivity index (χ0v) is 15.7. The van der Waals surface area contributed by atoms with Crippen LogP contribution in [0.4, 0.5) is 5.69 Å². The number of aryl methyl sites for hydroxylation is 1. The number of thiazole rings is 1. The number of nitrogens with zero attached hydrogens (tertiary/aromatic N) is 2. The maximum atomic E-state index is 12.6. The number of hydrogen-bond donors (Lipinski definition) is 1. The molecule has 134 valence electrons. The summed E-state index contributed by atoms with van der Waals surface area (Å²) in [6, 6.07) is 16.8. The van der Waals surface area contributed by atoms with Gasteiger partial charge in [-0.1, -0.05) is 23.5 Å². The average molecular weight is 375 g/mol. The summed E-state index contributed by atoms with van der Waals surface area (Å²) in [5.74, 6) is 0.554. The van der Waals surface area contributed by atoms with Gasteiger partial charge in [0, 0.05) is 23.0 Å². The molecule has 6 heteroatoms. The fourth-order valence-electron chi connectivity index (χ4n) is 2.72. The Labute approximate surface area is 160 Å². The van der Waals surface area contributed by atoms with Gasteiger partial charge < -0.3 is 10.1 Å². The first-order valence-corrected chi connectivity index (χ1v) is 9.24. The molecular formula is C21H17N3O2S. The van der Waals surface area contributed by atoms with E-state index in [1.807, 2.05) is 37.3 Å². The summed E-state index contributed by atoms with van der Waals surface area (Å²) < 4.78 is 5.13. The second-order valence-electron chi connectivity index (χ2n) is 6.06. The van der Waals surface area contributed by atoms with Crippen LogP contribution in [0.25, 0.3) is 20.9 Å². The lowest BCUT2D eigenvalue weighted by Gasteiger charge is -2.10. The van der Waals surface area contributed by atoms with Crippen LogP contribution in [0.2, 0.25) is 0 Å². The summed E-state index contributed by atoms with van der Waals surface area (Å²) in [5, 5.41) is 3.87. The van der Waals surface area contributed by atoms with E-state index in [1.54, 1.807) is 37.6 Å². The number of carbonyl (C=O) groups is 1. The van der Waals surface area contributed by atoms with Gasteiger partial charge in [-0.25, -0.2) is 9.97 Å². The molecule has 0 saturated carbocycles. The quantitative estimate of drug-likeness (QED) is 0.549. The van der Waals surface area contributed by atoms with Crippen molar-refractivity contribution in [3.05, 3.63) is 71.9 Å². The molecule has 0 atom stereocenters. The molecule has 2 aromatic carbocycles. The topological polar surface area (TPSA) is 64.1 Å². The van der Waals surface area contributed by atoms with Gasteiger partial charge in [-0.2, -0.15) is 0 Å². The number of methoxy groups -OCH3 is 1. The smallest absolute Gasteiger partial charge is 0.255 e. The first-order chi connectivity index (χ1) is 13.1. The van der Waals surface area contributed by atoms with Crippen molar-refractivity contribution in [1.82, 2.24) is 9.97 Å². The number of amides is 1. The molecule has 2 aromatic heterocycles. The third kappa shape index (κ3) is 3.52. The molecule has 0 aliphatic heterocycles. The Hall–Kier alpha value is -3.25. The Balaban J connectivity index is 1.62. The SMILES string of the molecule is COc1ccc(C(=O)Nc2cc(-c3nc4cccnc4s3)ccc2C)cc1. The second kappa shape index (κ2) is 7.17. The van der Waals surface area contributed by atoms with Crippen molar-refractivity contribution >= 4 is 33.3 Å². The average Bonchev–Trinajstić information content (AvgIpc) is 3.14. The normalized spacial score (nSPS) is 10.7. The maximum Gasteiger partial charge on any atom is 0.255 e. The zero-order valence-electron chi connectivity index (χ0n) is 14.9. The third-order valence-corrected chi connectivity index (χ3v) is 5.28. The van der Waals surface area contributed by atoms with Crippen LogP contribution in [-0.4, -0.2) is 23.0 Å². The molecule has 0 unspecified atom stereocenters. The summed E-state index contributed by atoms with van der Waals surface area (Å²) in [5.41, 5.74) is 4.15. The third-order valence-electron chi connectivity index (χ3n) is 4.25. The predicted octanol–water partition coefficient (Wildman–Crippen LogP) is 4.93. The number of ether oxygens (including phenoxy) is 1. The van der Waals surface area contributed by atoms with E-state index >= 15 is 0 Å². The molecule has 0 radical (unpaired) electrons. The molecule has 4 aromatic rings. The molecule has 2 heterocycles. The lowest BCUT2D eigenvalue weighted by atomic mass is 10.1. The Kier molecular flexibility index (Phi) is 4.56. The lowest BCUT2D eigenvalue weighted by Crippen LogP contribution is -2.12. The van der Waals surface area contributed by atoms with E-state index in [0.29, 0.717) is 11.3 Å². The minimum Gasteiger partial charge on any atom is -0.497 e. The van der Waals surface area contributed by atoms with Gasteiger partial charge in [0.15, 0.2) is 0 Å². The molecule has 27 heavy (non-hydrogen) atoms. The highest BCUT2D eigenvalue weighted by Gasteiger charge is 2.12. The number of aromatic nitrogens is 2. The second-order valence-corrected chi connectivity index (χ2v) is 7.04. The van der Waals surface area contributed by atoms with Crippen LogP contribution in [0.1, 0.15) is 15.9 Å². The number of carbonyl (C=O) groups excluding carboxylic acids is 1. The van der Waals surface area contributed by atoms with Crippen molar-refractivity contribution in [3.63, 3.8) is 0 Å². The van der Waals surface area contributed by atoms with Crippen molar-refractivity contribution in [2.24, 2.45) is 0 Å². The summed E-state index contributed by atoms with van der Waals surface area (Å²) in [7, 11) is 1.60. The summed E-state index contributed by atoms with van der Waals surface area (Å²) in [4.78, 5) is 22.5. The van der Waals surface area contributed by atoms with Gasteiger partial charge >= 0.3 is 0 Å². The molecule has 4 rings (SSSR count). The molecule has 0 fully saturated rings. The molecule has 0 aliphatic rings. The van der Waals surface area contributed by atoms with Crippen LogP contribution in [0, 0.1) is 6.92 Å². The van der Waals surface area contributed by atoms with Crippen molar-refractivity contribution < 1.29 is 9.53 Å². The Morgan fingerprint density at radius 1 is 1.11 bits per heavy atom.